The lowest BCUT2D eigenvalue weighted by Gasteiger charge is -2.34. The average molecular weight is 517 g/mol. The van der Waals surface area contributed by atoms with Crippen molar-refractivity contribution in [2.45, 2.75) is 19.3 Å². The van der Waals surface area contributed by atoms with Crippen LogP contribution in [0, 0.1) is 5.92 Å². The highest BCUT2D eigenvalue weighted by molar-refractivity contribution is 14.0. The SMILES string of the molecule is CN=C(NCCNC(=O)c1cccc(OC)c1)N1CCC(CC(=O)NC)CC1.I. The van der Waals surface area contributed by atoms with E-state index >= 15 is 0 Å². The third kappa shape index (κ3) is 8.08. The van der Waals surface area contributed by atoms with Crippen molar-refractivity contribution in [2.75, 3.05) is 47.4 Å². The van der Waals surface area contributed by atoms with E-state index in [0.717, 1.165) is 31.9 Å². The van der Waals surface area contributed by atoms with Gasteiger partial charge < -0.3 is 25.6 Å². The Balaban J connectivity index is 0.00000420. The smallest absolute Gasteiger partial charge is 0.251 e. The fourth-order valence-corrected chi connectivity index (χ4v) is 3.26. The number of rotatable bonds is 7. The predicted molar refractivity (Wildman–Crippen MR) is 125 cm³/mol. The Kier molecular flexibility index (Phi) is 11.4. The van der Waals surface area contributed by atoms with Gasteiger partial charge in [-0.05, 0) is 37.0 Å². The highest BCUT2D eigenvalue weighted by Gasteiger charge is 2.22. The van der Waals surface area contributed by atoms with Crippen molar-refractivity contribution in [3.63, 3.8) is 0 Å². The van der Waals surface area contributed by atoms with E-state index in [1.54, 1.807) is 45.5 Å². The van der Waals surface area contributed by atoms with Crippen molar-refractivity contribution in [3.05, 3.63) is 29.8 Å². The molecule has 1 aromatic rings. The molecule has 1 heterocycles. The van der Waals surface area contributed by atoms with E-state index in [1.807, 2.05) is 0 Å². The van der Waals surface area contributed by atoms with Gasteiger partial charge in [-0.25, -0.2) is 0 Å². The van der Waals surface area contributed by atoms with Gasteiger partial charge in [-0.2, -0.15) is 0 Å². The molecule has 0 radical (unpaired) electrons. The van der Waals surface area contributed by atoms with Crippen LogP contribution in [0.3, 0.4) is 0 Å². The second-order valence-electron chi connectivity index (χ2n) is 6.77. The number of carbonyl (C=O) groups excluding carboxylic acids is 2. The molecule has 0 spiro atoms. The number of carbonyl (C=O) groups is 2. The molecule has 1 saturated heterocycles. The van der Waals surface area contributed by atoms with Crippen LogP contribution in [0.1, 0.15) is 29.6 Å². The van der Waals surface area contributed by atoms with Crippen LogP contribution in [-0.4, -0.2) is 70.1 Å². The molecule has 1 fully saturated rings. The van der Waals surface area contributed by atoms with Crippen LogP contribution in [-0.2, 0) is 4.79 Å². The molecule has 3 N–H and O–H groups in total. The van der Waals surface area contributed by atoms with Gasteiger partial charge in [0.25, 0.3) is 5.91 Å². The van der Waals surface area contributed by atoms with Crippen LogP contribution in [0.5, 0.6) is 5.75 Å². The Morgan fingerprint density at radius 1 is 1.21 bits per heavy atom. The van der Waals surface area contributed by atoms with E-state index in [9.17, 15) is 9.59 Å². The zero-order chi connectivity index (χ0) is 20.4. The largest absolute Gasteiger partial charge is 0.497 e. The van der Waals surface area contributed by atoms with Gasteiger partial charge in [0.05, 0.1) is 7.11 Å². The van der Waals surface area contributed by atoms with E-state index in [4.69, 9.17) is 4.74 Å². The molecule has 2 rings (SSSR count). The molecule has 162 valence electrons. The van der Waals surface area contributed by atoms with Crippen molar-refractivity contribution in [1.82, 2.24) is 20.9 Å². The van der Waals surface area contributed by atoms with E-state index in [2.05, 4.69) is 25.8 Å². The van der Waals surface area contributed by atoms with E-state index in [1.165, 1.54) is 0 Å². The zero-order valence-corrected chi connectivity index (χ0v) is 19.7. The third-order valence-corrected chi connectivity index (χ3v) is 4.90. The average Bonchev–Trinajstić information content (AvgIpc) is 2.74. The monoisotopic (exact) mass is 517 g/mol. The first-order chi connectivity index (χ1) is 13.6. The Bertz CT molecular complexity index is 690. The van der Waals surface area contributed by atoms with Gasteiger partial charge in [-0.1, -0.05) is 6.07 Å². The second-order valence-corrected chi connectivity index (χ2v) is 6.77. The standard InChI is InChI=1S/C20H31N5O3.HI/c1-21-18(26)13-15-7-11-25(12-8-15)20(22-2)24-10-9-23-19(27)16-5-4-6-17(14-16)28-3;/h4-6,14-15H,7-13H2,1-3H3,(H,21,26)(H,22,24)(H,23,27);1H. The predicted octanol–water partition coefficient (Wildman–Crippen LogP) is 1.47. The molecule has 8 nitrogen and oxygen atoms in total. The Labute approximate surface area is 189 Å². The Hall–Kier alpha value is -2.04. The molecule has 29 heavy (non-hydrogen) atoms. The van der Waals surface area contributed by atoms with Gasteiger partial charge in [0.2, 0.25) is 5.91 Å². The molecule has 1 aliphatic heterocycles. The summed E-state index contributed by atoms with van der Waals surface area (Å²) in [5.74, 6) is 1.88. The molecule has 2 amide bonds. The molecule has 9 heteroatoms. The summed E-state index contributed by atoms with van der Waals surface area (Å²) in [5, 5.41) is 8.87. The lowest BCUT2D eigenvalue weighted by Crippen LogP contribution is -2.47. The van der Waals surface area contributed by atoms with Crippen LogP contribution in [0.15, 0.2) is 29.3 Å². The number of likely N-dealkylation sites (tertiary alicyclic amines) is 1. The van der Waals surface area contributed by atoms with Gasteiger partial charge in [-0.15, -0.1) is 24.0 Å². The Morgan fingerprint density at radius 2 is 1.90 bits per heavy atom. The van der Waals surface area contributed by atoms with Gasteiger partial charge in [0, 0.05) is 52.3 Å². The Morgan fingerprint density at radius 3 is 2.52 bits per heavy atom. The summed E-state index contributed by atoms with van der Waals surface area (Å²) in [5.41, 5.74) is 0.571. The molecular weight excluding hydrogens is 485 g/mol. The molecule has 0 atom stereocenters. The van der Waals surface area contributed by atoms with Crippen molar-refractivity contribution in [3.8, 4) is 5.75 Å². The molecule has 1 aliphatic rings. The highest BCUT2D eigenvalue weighted by Crippen LogP contribution is 2.20. The van der Waals surface area contributed by atoms with Crippen LogP contribution in [0.2, 0.25) is 0 Å². The quantitative estimate of drug-likeness (QED) is 0.221. The van der Waals surface area contributed by atoms with Crippen LogP contribution >= 0.6 is 24.0 Å². The molecule has 0 unspecified atom stereocenters. The van der Waals surface area contributed by atoms with Crippen molar-refractivity contribution in [1.29, 1.82) is 0 Å². The number of nitrogens with one attached hydrogen (secondary N) is 3. The number of hydrogen-bond acceptors (Lipinski definition) is 4. The second kappa shape index (κ2) is 13.2. The van der Waals surface area contributed by atoms with Crippen molar-refractivity contribution < 1.29 is 14.3 Å². The summed E-state index contributed by atoms with van der Waals surface area (Å²) in [6.07, 6.45) is 2.54. The van der Waals surface area contributed by atoms with Crippen LogP contribution < -0.4 is 20.7 Å². The maximum Gasteiger partial charge on any atom is 0.251 e. The topological polar surface area (TPSA) is 95.1 Å². The van der Waals surface area contributed by atoms with Gasteiger partial charge in [0.1, 0.15) is 5.75 Å². The molecule has 0 saturated carbocycles. The molecule has 0 aliphatic carbocycles. The number of hydrogen-bond donors (Lipinski definition) is 3. The lowest BCUT2D eigenvalue weighted by molar-refractivity contribution is -0.121. The summed E-state index contributed by atoms with van der Waals surface area (Å²) in [6, 6.07) is 7.07. The summed E-state index contributed by atoms with van der Waals surface area (Å²) >= 11 is 0. The van der Waals surface area contributed by atoms with Crippen LogP contribution in [0.4, 0.5) is 0 Å². The first-order valence-electron chi connectivity index (χ1n) is 9.65. The summed E-state index contributed by atoms with van der Waals surface area (Å²) in [6.45, 7) is 2.82. The van der Waals surface area contributed by atoms with Gasteiger partial charge in [0.15, 0.2) is 5.96 Å². The number of ether oxygens (including phenoxy) is 1. The molecule has 0 aromatic heterocycles. The number of methoxy groups -OCH3 is 1. The minimum absolute atomic E-state index is 0. The molecule has 1 aromatic carbocycles. The first kappa shape index (κ1) is 25.0. The van der Waals surface area contributed by atoms with Crippen molar-refractivity contribution in [2.24, 2.45) is 10.9 Å². The van der Waals surface area contributed by atoms with Gasteiger partial charge in [-0.3, -0.25) is 14.6 Å². The fourth-order valence-electron chi connectivity index (χ4n) is 3.26. The minimum atomic E-state index is -0.134. The number of guanidine groups is 1. The number of halogens is 1. The minimum Gasteiger partial charge on any atom is -0.497 e. The number of piperidine rings is 1. The number of amides is 2. The maximum atomic E-state index is 12.2. The van der Waals surface area contributed by atoms with E-state index in [-0.39, 0.29) is 35.8 Å². The van der Waals surface area contributed by atoms with Gasteiger partial charge >= 0.3 is 0 Å². The highest BCUT2D eigenvalue weighted by atomic mass is 127. The van der Waals surface area contributed by atoms with Crippen molar-refractivity contribution >= 4 is 41.8 Å². The van der Waals surface area contributed by atoms with Crippen LogP contribution in [0.25, 0.3) is 0 Å². The lowest BCUT2D eigenvalue weighted by atomic mass is 9.93. The molecule has 0 bridgehead atoms. The zero-order valence-electron chi connectivity index (χ0n) is 17.4. The summed E-state index contributed by atoms with van der Waals surface area (Å²) in [4.78, 5) is 30.3. The fraction of sp³-hybridized carbons (Fsp3) is 0.550. The van der Waals surface area contributed by atoms with E-state index < -0.39 is 0 Å². The first-order valence-corrected chi connectivity index (χ1v) is 9.65. The summed E-state index contributed by atoms with van der Waals surface area (Å²) < 4.78 is 5.14. The number of benzene rings is 1. The number of nitrogens with zero attached hydrogens (tertiary/aromatic N) is 2. The summed E-state index contributed by atoms with van der Waals surface area (Å²) in [7, 11) is 5.01. The number of aliphatic imine (C=N–C) groups is 1. The van der Waals surface area contributed by atoms with E-state index in [0.29, 0.717) is 36.7 Å². The third-order valence-electron chi connectivity index (χ3n) is 4.90. The maximum absolute atomic E-state index is 12.2. The molecular formula is C20H32IN5O3. The normalized spacial score (nSPS) is 14.6.